The van der Waals surface area contributed by atoms with Crippen molar-refractivity contribution in [2.24, 2.45) is 0 Å². The van der Waals surface area contributed by atoms with E-state index in [0.29, 0.717) is 0 Å². The molecule has 0 aromatic rings. The van der Waals surface area contributed by atoms with E-state index in [1.807, 2.05) is 0 Å². The molecule has 3 nitrogen and oxygen atoms in total. The highest BCUT2D eigenvalue weighted by Crippen LogP contribution is 2.14. The standard InChI is InChI=1S/C20H38O3Si/c24-23-19-14-11-9-7-5-3-1-2-4-6-8-10-13-17-21-20-16-12-15-18-22-20/h20H,1-4,6,8-19H2,24H3. The molecule has 1 aliphatic heterocycles. The van der Waals surface area contributed by atoms with Gasteiger partial charge >= 0.3 is 0 Å². The molecular formula is C20H38O3Si. The lowest BCUT2D eigenvalue weighted by atomic mass is 10.1. The second-order valence-corrected chi connectivity index (χ2v) is 7.27. The van der Waals surface area contributed by atoms with E-state index < -0.39 is 0 Å². The summed E-state index contributed by atoms with van der Waals surface area (Å²) in [7, 11) is 0.864. The zero-order chi connectivity index (χ0) is 17.1. The molecule has 1 heterocycles. The van der Waals surface area contributed by atoms with Gasteiger partial charge in [-0.05, 0) is 44.9 Å². The monoisotopic (exact) mass is 354 g/mol. The quantitative estimate of drug-likeness (QED) is 0.267. The van der Waals surface area contributed by atoms with E-state index in [2.05, 4.69) is 11.8 Å². The highest BCUT2D eigenvalue weighted by atomic mass is 28.2. The Morgan fingerprint density at radius 2 is 1.42 bits per heavy atom. The topological polar surface area (TPSA) is 27.7 Å². The highest BCUT2D eigenvalue weighted by molar-refractivity contribution is 5.97. The van der Waals surface area contributed by atoms with Gasteiger partial charge in [0.25, 0.3) is 0 Å². The Morgan fingerprint density at radius 3 is 2.08 bits per heavy atom. The minimum atomic E-state index is 0.0847. The normalized spacial score (nSPS) is 17.6. The molecule has 0 spiro atoms. The van der Waals surface area contributed by atoms with Crippen molar-refractivity contribution in [1.82, 2.24) is 0 Å². The summed E-state index contributed by atoms with van der Waals surface area (Å²) in [5, 5.41) is 0. The average Bonchev–Trinajstić information content (AvgIpc) is 2.62. The maximum absolute atomic E-state index is 5.75. The Morgan fingerprint density at radius 1 is 0.792 bits per heavy atom. The molecule has 1 atom stereocenters. The van der Waals surface area contributed by atoms with E-state index in [9.17, 15) is 0 Å². The van der Waals surface area contributed by atoms with E-state index in [0.717, 1.165) is 56.0 Å². The molecule has 0 radical (unpaired) electrons. The Labute approximate surface area is 152 Å². The van der Waals surface area contributed by atoms with E-state index >= 15 is 0 Å². The van der Waals surface area contributed by atoms with E-state index in [1.54, 1.807) is 0 Å². The molecule has 1 rings (SSSR count). The van der Waals surface area contributed by atoms with Gasteiger partial charge < -0.3 is 13.9 Å². The highest BCUT2D eigenvalue weighted by Gasteiger charge is 2.13. The van der Waals surface area contributed by atoms with Gasteiger partial charge in [-0.2, -0.15) is 0 Å². The molecule has 140 valence electrons. The van der Waals surface area contributed by atoms with Crippen molar-refractivity contribution in [2.45, 2.75) is 96.2 Å². The zero-order valence-corrected chi connectivity index (χ0v) is 17.8. The molecule has 0 aromatic heterocycles. The Hall–Kier alpha value is -0.343. The molecule has 1 unspecified atom stereocenters. The van der Waals surface area contributed by atoms with Crippen LogP contribution in [0.4, 0.5) is 0 Å². The fraction of sp³-hybridized carbons (Fsp3) is 0.900. The van der Waals surface area contributed by atoms with Gasteiger partial charge in [0.1, 0.15) is 10.5 Å². The van der Waals surface area contributed by atoms with Crippen LogP contribution in [0, 0.1) is 11.8 Å². The van der Waals surface area contributed by atoms with Crippen LogP contribution < -0.4 is 0 Å². The Bertz CT molecular complexity index is 319. The van der Waals surface area contributed by atoms with Crippen LogP contribution >= 0.6 is 0 Å². The Balaban J connectivity index is 1.72. The fourth-order valence-electron chi connectivity index (χ4n) is 2.89. The summed E-state index contributed by atoms with van der Waals surface area (Å²) in [5.74, 6) is 6.58. The lowest BCUT2D eigenvalue weighted by Crippen LogP contribution is -2.22. The summed E-state index contributed by atoms with van der Waals surface area (Å²) in [6.45, 7) is 2.67. The first kappa shape index (κ1) is 21.7. The molecule has 0 aromatic carbocycles. The van der Waals surface area contributed by atoms with Crippen LogP contribution in [0.15, 0.2) is 0 Å². The second-order valence-electron chi connectivity index (χ2n) is 6.70. The predicted molar refractivity (Wildman–Crippen MR) is 104 cm³/mol. The lowest BCUT2D eigenvalue weighted by Gasteiger charge is -2.22. The van der Waals surface area contributed by atoms with Gasteiger partial charge in [0.2, 0.25) is 0 Å². The van der Waals surface area contributed by atoms with Gasteiger partial charge in [0.05, 0.1) is 0 Å². The molecule has 1 aliphatic rings. The van der Waals surface area contributed by atoms with Crippen molar-refractivity contribution in [3.8, 4) is 11.8 Å². The zero-order valence-electron chi connectivity index (χ0n) is 15.8. The van der Waals surface area contributed by atoms with Crippen molar-refractivity contribution in [3.63, 3.8) is 0 Å². The summed E-state index contributed by atoms with van der Waals surface area (Å²) in [6.07, 6.45) is 17.2. The number of hydrogen-bond acceptors (Lipinski definition) is 3. The minimum Gasteiger partial charge on any atom is -0.428 e. The van der Waals surface area contributed by atoms with Crippen molar-refractivity contribution in [2.75, 3.05) is 19.8 Å². The van der Waals surface area contributed by atoms with Crippen molar-refractivity contribution in [1.29, 1.82) is 0 Å². The first-order chi connectivity index (χ1) is 11.9. The van der Waals surface area contributed by atoms with E-state index in [-0.39, 0.29) is 6.29 Å². The third-order valence-corrected chi connectivity index (χ3v) is 4.82. The molecule has 24 heavy (non-hydrogen) atoms. The van der Waals surface area contributed by atoms with E-state index in [4.69, 9.17) is 13.9 Å². The molecule has 0 aliphatic carbocycles. The number of rotatable bonds is 14. The van der Waals surface area contributed by atoms with Crippen molar-refractivity contribution < 1.29 is 13.9 Å². The molecule has 0 saturated carbocycles. The van der Waals surface area contributed by atoms with Crippen LogP contribution in [0.25, 0.3) is 0 Å². The van der Waals surface area contributed by atoms with Gasteiger partial charge in [-0.25, -0.2) is 0 Å². The average molecular weight is 355 g/mol. The molecule has 1 saturated heterocycles. The third kappa shape index (κ3) is 14.0. The van der Waals surface area contributed by atoms with Gasteiger partial charge in [-0.3, -0.25) is 0 Å². The van der Waals surface area contributed by atoms with Gasteiger partial charge in [-0.1, -0.05) is 32.1 Å². The van der Waals surface area contributed by atoms with Crippen LogP contribution in [-0.4, -0.2) is 36.6 Å². The van der Waals surface area contributed by atoms with Crippen LogP contribution in [0.5, 0.6) is 0 Å². The summed E-state index contributed by atoms with van der Waals surface area (Å²) in [5.41, 5.74) is 0. The molecular weight excluding hydrogens is 316 g/mol. The van der Waals surface area contributed by atoms with E-state index in [1.165, 1.54) is 64.2 Å². The number of ether oxygens (including phenoxy) is 2. The van der Waals surface area contributed by atoms with Crippen LogP contribution in [-0.2, 0) is 13.9 Å². The minimum absolute atomic E-state index is 0.0847. The van der Waals surface area contributed by atoms with Crippen molar-refractivity contribution >= 4 is 10.5 Å². The summed E-state index contributed by atoms with van der Waals surface area (Å²) < 4.78 is 16.5. The lowest BCUT2D eigenvalue weighted by molar-refractivity contribution is -0.162. The molecule has 0 bridgehead atoms. The second kappa shape index (κ2) is 17.5. The molecule has 0 N–H and O–H groups in total. The fourth-order valence-corrected chi connectivity index (χ4v) is 3.18. The van der Waals surface area contributed by atoms with Crippen LogP contribution in [0.3, 0.4) is 0 Å². The third-order valence-electron chi connectivity index (χ3n) is 4.41. The molecule has 4 heteroatoms. The maximum atomic E-state index is 5.75. The van der Waals surface area contributed by atoms with Crippen molar-refractivity contribution in [3.05, 3.63) is 0 Å². The Kier molecular flexibility index (Phi) is 15.8. The van der Waals surface area contributed by atoms with Crippen LogP contribution in [0.2, 0.25) is 0 Å². The van der Waals surface area contributed by atoms with Gasteiger partial charge in [-0.15, -0.1) is 11.8 Å². The first-order valence-electron chi connectivity index (χ1n) is 10.1. The number of hydrogen-bond donors (Lipinski definition) is 0. The molecule has 0 amide bonds. The molecule has 1 fully saturated rings. The number of unbranched alkanes of at least 4 members (excludes halogenated alkanes) is 9. The summed E-state index contributed by atoms with van der Waals surface area (Å²) >= 11 is 0. The van der Waals surface area contributed by atoms with Crippen LogP contribution in [0.1, 0.15) is 89.9 Å². The first-order valence-corrected chi connectivity index (χ1v) is 10.9. The summed E-state index contributed by atoms with van der Waals surface area (Å²) in [6, 6.07) is 0. The smallest absolute Gasteiger partial charge is 0.157 e. The maximum Gasteiger partial charge on any atom is 0.157 e. The van der Waals surface area contributed by atoms with Gasteiger partial charge in [0.15, 0.2) is 6.29 Å². The van der Waals surface area contributed by atoms with Gasteiger partial charge in [0, 0.05) is 32.7 Å². The summed E-state index contributed by atoms with van der Waals surface area (Å²) in [4.78, 5) is 0. The SMILES string of the molecule is [SiH3]OCCCCC#CCCCCCCCCCOC1CCCCO1. The predicted octanol–water partition coefficient (Wildman–Crippen LogP) is 4.12. The largest absolute Gasteiger partial charge is 0.428 e.